The van der Waals surface area contributed by atoms with Crippen molar-refractivity contribution in [1.82, 2.24) is 15.5 Å². The van der Waals surface area contributed by atoms with Crippen LogP contribution in [0.2, 0.25) is 0 Å². The molecule has 0 aromatic carbocycles. The molecule has 0 bridgehead atoms. The van der Waals surface area contributed by atoms with Crippen LogP contribution in [0, 0.1) is 5.92 Å². The zero-order valence-electron chi connectivity index (χ0n) is 12.5. The number of morpholine rings is 1. The summed E-state index contributed by atoms with van der Waals surface area (Å²) in [6.07, 6.45) is 0.645. The maximum Gasteiger partial charge on any atom is 0.315 e. The van der Waals surface area contributed by atoms with Crippen molar-refractivity contribution in [2.45, 2.75) is 19.4 Å². The van der Waals surface area contributed by atoms with Gasteiger partial charge in [0, 0.05) is 32.2 Å². The highest BCUT2D eigenvalue weighted by atomic mass is 32.2. The summed E-state index contributed by atoms with van der Waals surface area (Å²) in [5, 5.41) is 5.66. The second kappa shape index (κ2) is 7.42. The molecule has 0 spiro atoms. The molecule has 0 aliphatic carbocycles. The highest BCUT2D eigenvalue weighted by Crippen LogP contribution is 2.17. The van der Waals surface area contributed by atoms with E-state index in [1.807, 2.05) is 6.92 Å². The van der Waals surface area contributed by atoms with Crippen LogP contribution in [-0.2, 0) is 14.6 Å². The summed E-state index contributed by atoms with van der Waals surface area (Å²) in [4.78, 5) is 14.1. The van der Waals surface area contributed by atoms with E-state index in [9.17, 15) is 13.2 Å². The van der Waals surface area contributed by atoms with Crippen LogP contribution in [0.1, 0.15) is 13.3 Å². The summed E-state index contributed by atoms with van der Waals surface area (Å²) in [5.74, 6) is 0.487. The average molecular weight is 319 g/mol. The molecule has 2 aliphatic heterocycles. The first-order valence-electron chi connectivity index (χ1n) is 7.49. The smallest absolute Gasteiger partial charge is 0.315 e. The quantitative estimate of drug-likeness (QED) is 0.709. The van der Waals surface area contributed by atoms with Gasteiger partial charge in [-0.25, -0.2) is 13.2 Å². The van der Waals surface area contributed by atoms with Crippen LogP contribution in [0.3, 0.4) is 0 Å². The van der Waals surface area contributed by atoms with Gasteiger partial charge in [-0.15, -0.1) is 0 Å². The normalized spacial score (nSPS) is 27.2. The number of amides is 2. The van der Waals surface area contributed by atoms with Crippen molar-refractivity contribution < 1.29 is 17.9 Å². The van der Waals surface area contributed by atoms with Crippen LogP contribution in [0.25, 0.3) is 0 Å². The lowest BCUT2D eigenvalue weighted by molar-refractivity contribution is 0.0349. The molecule has 21 heavy (non-hydrogen) atoms. The van der Waals surface area contributed by atoms with Crippen LogP contribution in [-0.4, -0.2) is 76.3 Å². The van der Waals surface area contributed by atoms with Gasteiger partial charge < -0.3 is 15.4 Å². The number of rotatable bonds is 5. The first kappa shape index (κ1) is 16.5. The van der Waals surface area contributed by atoms with E-state index in [1.54, 1.807) is 0 Å². The Morgan fingerprint density at radius 1 is 1.38 bits per heavy atom. The van der Waals surface area contributed by atoms with Crippen LogP contribution in [0.4, 0.5) is 4.79 Å². The van der Waals surface area contributed by atoms with Gasteiger partial charge in [0.25, 0.3) is 0 Å². The minimum atomic E-state index is -2.88. The number of hydrogen-bond donors (Lipinski definition) is 2. The molecule has 122 valence electrons. The lowest BCUT2D eigenvalue weighted by atomic mass is 10.1. The fraction of sp³-hybridized carbons (Fsp3) is 0.923. The SMILES string of the molecule is C[C@@H](CN1CCOCC1)NC(=O)NC[C@@H]1CCS(=O)(=O)C1. The van der Waals surface area contributed by atoms with Crippen molar-refractivity contribution in [3.05, 3.63) is 0 Å². The Balaban J connectivity index is 1.62. The molecule has 0 aromatic rings. The number of nitrogens with one attached hydrogen (secondary N) is 2. The Bertz CT molecular complexity index is 448. The fourth-order valence-corrected chi connectivity index (χ4v) is 4.62. The molecule has 2 aliphatic rings. The zero-order chi connectivity index (χ0) is 15.3. The summed E-state index contributed by atoms with van der Waals surface area (Å²) < 4.78 is 28.0. The molecular formula is C13H25N3O4S. The first-order chi connectivity index (χ1) is 9.94. The van der Waals surface area contributed by atoms with E-state index in [-0.39, 0.29) is 29.5 Å². The van der Waals surface area contributed by atoms with E-state index in [4.69, 9.17) is 4.74 Å². The molecule has 0 unspecified atom stereocenters. The highest BCUT2D eigenvalue weighted by Gasteiger charge is 2.28. The molecule has 2 fully saturated rings. The van der Waals surface area contributed by atoms with Crippen molar-refractivity contribution in [2.75, 3.05) is 50.9 Å². The molecule has 2 atom stereocenters. The number of sulfone groups is 1. The summed E-state index contributed by atoms with van der Waals surface area (Å²) >= 11 is 0. The summed E-state index contributed by atoms with van der Waals surface area (Å²) in [6.45, 7) is 6.48. The van der Waals surface area contributed by atoms with Crippen LogP contribution in [0.5, 0.6) is 0 Å². The number of carbonyl (C=O) groups excluding carboxylic acids is 1. The minimum Gasteiger partial charge on any atom is -0.379 e. The van der Waals surface area contributed by atoms with Gasteiger partial charge in [-0.2, -0.15) is 0 Å². The summed E-state index contributed by atoms with van der Waals surface area (Å²) in [7, 11) is -2.88. The van der Waals surface area contributed by atoms with E-state index in [0.717, 1.165) is 32.8 Å². The third-order valence-corrected chi connectivity index (χ3v) is 5.73. The second-order valence-electron chi connectivity index (χ2n) is 5.94. The van der Waals surface area contributed by atoms with Crippen molar-refractivity contribution >= 4 is 15.9 Å². The Kier molecular flexibility index (Phi) is 5.83. The molecule has 7 nitrogen and oxygen atoms in total. The Morgan fingerprint density at radius 3 is 2.71 bits per heavy atom. The van der Waals surface area contributed by atoms with Crippen LogP contribution >= 0.6 is 0 Å². The lowest BCUT2D eigenvalue weighted by Gasteiger charge is -2.29. The molecule has 2 amide bonds. The summed E-state index contributed by atoms with van der Waals surface area (Å²) in [6, 6.07) is -0.171. The second-order valence-corrected chi connectivity index (χ2v) is 8.17. The van der Waals surface area contributed by atoms with Gasteiger partial charge in [-0.3, -0.25) is 4.90 Å². The van der Waals surface area contributed by atoms with Gasteiger partial charge in [0.2, 0.25) is 0 Å². The lowest BCUT2D eigenvalue weighted by Crippen LogP contribution is -2.49. The molecule has 2 heterocycles. The van der Waals surface area contributed by atoms with Gasteiger partial charge in [0.15, 0.2) is 9.84 Å². The Morgan fingerprint density at radius 2 is 2.10 bits per heavy atom. The number of ether oxygens (including phenoxy) is 1. The first-order valence-corrected chi connectivity index (χ1v) is 9.31. The monoisotopic (exact) mass is 319 g/mol. The number of carbonyl (C=O) groups is 1. The van der Waals surface area contributed by atoms with Crippen LogP contribution < -0.4 is 10.6 Å². The van der Waals surface area contributed by atoms with E-state index < -0.39 is 9.84 Å². The molecule has 2 saturated heterocycles. The van der Waals surface area contributed by atoms with Crippen molar-refractivity contribution in [3.63, 3.8) is 0 Å². The molecule has 0 aromatic heterocycles. The van der Waals surface area contributed by atoms with Crippen molar-refractivity contribution in [2.24, 2.45) is 5.92 Å². The van der Waals surface area contributed by atoms with Crippen molar-refractivity contribution in [3.8, 4) is 0 Å². The summed E-state index contributed by atoms with van der Waals surface area (Å²) in [5.41, 5.74) is 0. The molecule has 2 N–H and O–H groups in total. The average Bonchev–Trinajstić information content (AvgIpc) is 2.77. The van der Waals surface area contributed by atoms with E-state index in [2.05, 4.69) is 15.5 Å². The predicted molar refractivity (Wildman–Crippen MR) is 80.0 cm³/mol. The maximum absolute atomic E-state index is 11.8. The third kappa shape index (κ3) is 5.80. The van der Waals surface area contributed by atoms with Crippen LogP contribution in [0.15, 0.2) is 0 Å². The van der Waals surface area contributed by atoms with Gasteiger partial charge in [0.1, 0.15) is 0 Å². The predicted octanol–water partition coefficient (Wildman–Crippen LogP) is -0.559. The highest BCUT2D eigenvalue weighted by molar-refractivity contribution is 7.91. The number of urea groups is 1. The molecule has 0 saturated carbocycles. The molecule has 0 radical (unpaired) electrons. The molecular weight excluding hydrogens is 294 g/mol. The fourth-order valence-electron chi connectivity index (χ4n) is 2.76. The van der Waals surface area contributed by atoms with E-state index in [1.165, 1.54) is 0 Å². The molecule has 2 rings (SSSR count). The molecule has 8 heteroatoms. The minimum absolute atomic E-state index is 0.0512. The standard InChI is InChI=1S/C13H25N3O4S/c1-11(9-16-3-5-20-6-4-16)15-13(17)14-8-12-2-7-21(18,19)10-12/h11-12H,2-10H2,1H3,(H2,14,15,17)/t11-,12-/m0/s1. The van der Waals surface area contributed by atoms with Gasteiger partial charge in [-0.1, -0.05) is 0 Å². The third-order valence-electron chi connectivity index (χ3n) is 3.89. The zero-order valence-corrected chi connectivity index (χ0v) is 13.3. The van der Waals surface area contributed by atoms with E-state index >= 15 is 0 Å². The largest absolute Gasteiger partial charge is 0.379 e. The van der Waals surface area contributed by atoms with Gasteiger partial charge in [0.05, 0.1) is 24.7 Å². The van der Waals surface area contributed by atoms with Crippen molar-refractivity contribution in [1.29, 1.82) is 0 Å². The van der Waals surface area contributed by atoms with Gasteiger partial charge in [-0.05, 0) is 19.3 Å². The number of hydrogen-bond acceptors (Lipinski definition) is 5. The topological polar surface area (TPSA) is 87.7 Å². The van der Waals surface area contributed by atoms with E-state index in [0.29, 0.717) is 13.0 Å². The van der Waals surface area contributed by atoms with Gasteiger partial charge >= 0.3 is 6.03 Å². The maximum atomic E-state index is 11.8. The number of nitrogens with zero attached hydrogens (tertiary/aromatic N) is 1. The Labute approximate surface area is 126 Å². The Hall–Kier alpha value is -0.860.